The summed E-state index contributed by atoms with van der Waals surface area (Å²) in [6, 6.07) is 0. The lowest BCUT2D eigenvalue weighted by atomic mass is 10.6. The van der Waals surface area contributed by atoms with Gasteiger partial charge in [-0.15, -0.1) is 0 Å². The minimum Gasteiger partial charge on any atom is -0.197 e. The minimum absolute atomic E-state index is 0. The zero-order valence-electron chi connectivity index (χ0n) is 7.41. The van der Waals surface area contributed by atoms with Gasteiger partial charge >= 0.3 is 0 Å². The summed E-state index contributed by atoms with van der Waals surface area (Å²) in [6.07, 6.45) is 2.50. The molecule has 0 unspecified atom stereocenters. The van der Waals surface area contributed by atoms with Crippen LogP contribution in [0.3, 0.4) is 0 Å². The summed E-state index contributed by atoms with van der Waals surface area (Å²) < 4.78 is 0. The summed E-state index contributed by atoms with van der Waals surface area (Å²) in [6.45, 7) is 8.50. The molecule has 0 saturated heterocycles. The van der Waals surface area contributed by atoms with Crippen LogP contribution in [0.5, 0.6) is 0 Å². The van der Waals surface area contributed by atoms with Crippen molar-refractivity contribution in [2.75, 3.05) is 0 Å². The topological polar surface area (TPSA) is 0 Å². The van der Waals surface area contributed by atoms with Crippen LogP contribution in [0.15, 0.2) is 0 Å². The van der Waals surface area contributed by atoms with Crippen molar-refractivity contribution in [3.05, 3.63) is 0 Å². The van der Waals surface area contributed by atoms with Gasteiger partial charge in [-0.05, 0) is 0 Å². The molecule has 0 rings (SSSR count). The number of rotatable bonds is 0. The van der Waals surface area contributed by atoms with Crippen LogP contribution in [-0.4, -0.2) is 0 Å². The van der Waals surface area contributed by atoms with Gasteiger partial charge in [0, 0.05) is 0 Å². The van der Waals surface area contributed by atoms with Crippen LogP contribution in [0.25, 0.3) is 0 Å². The molecule has 0 N–H and O–H groups in total. The Balaban J connectivity index is -0.00000000571. The molecule has 0 aliphatic heterocycles. The molecule has 10 heavy (non-hydrogen) atoms. The summed E-state index contributed by atoms with van der Waals surface area (Å²) in [7, 11) is 0. The second-order valence-corrected chi connectivity index (χ2v) is 1.41. The van der Waals surface area contributed by atoms with Gasteiger partial charge in [-0.2, -0.15) is 54.0 Å². The van der Waals surface area contributed by atoms with Crippen LogP contribution in [0.2, 0.25) is 0 Å². The van der Waals surface area contributed by atoms with Crippen LogP contribution in [0.1, 0.15) is 40.5 Å². The molecular formula is C6H24S4. The fraction of sp³-hybridized carbons (Fsp3) is 1.00. The van der Waals surface area contributed by atoms with Gasteiger partial charge in [0.15, 0.2) is 0 Å². The molecule has 0 aliphatic carbocycles. The van der Waals surface area contributed by atoms with Crippen molar-refractivity contribution < 1.29 is 0 Å². The van der Waals surface area contributed by atoms with E-state index in [0.29, 0.717) is 0 Å². The third-order valence-electron chi connectivity index (χ3n) is 0. The quantitative estimate of drug-likeness (QED) is 0.592. The lowest BCUT2D eigenvalue weighted by Crippen LogP contribution is -1.27. The Labute approximate surface area is 94.3 Å². The van der Waals surface area contributed by atoms with Crippen LogP contribution in [0, 0.1) is 0 Å². The molecule has 0 bridgehead atoms. The van der Waals surface area contributed by atoms with Gasteiger partial charge in [0.05, 0.1) is 0 Å². The van der Waals surface area contributed by atoms with E-state index in [9.17, 15) is 0 Å². The summed E-state index contributed by atoms with van der Waals surface area (Å²) in [5.41, 5.74) is 0. The van der Waals surface area contributed by atoms with Crippen LogP contribution < -0.4 is 0 Å². The van der Waals surface area contributed by atoms with E-state index in [1.807, 2.05) is 0 Å². The first kappa shape index (κ1) is 42.3. The van der Waals surface area contributed by atoms with Gasteiger partial charge in [0.2, 0.25) is 0 Å². The molecule has 0 aromatic rings. The lowest BCUT2D eigenvalue weighted by molar-refractivity contribution is 1.09. The standard InChI is InChI=1S/2C3H8.4H2S/c2*1-3-2;;;;/h2*3H2,1-2H3;4*1H2. The van der Waals surface area contributed by atoms with Gasteiger partial charge < -0.3 is 0 Å². The maximum absolute atomic E-state index is 2.12. The number of hydrogen-bond acceptors (Lipinski definition) is 0. The lowest BCUT2D eigenvalue weighted by Gasteiger charge is -1.48. The highest BCUT2D eigenvalue weighted by molar-refractivity contribution is 7.59. The molecule has 0 aromatic carbocycles. The van der Waals surface area contributed by atoms with E-state index in [0.717, 1.165) is 0 Å². The van der Waals surface area contributed by atoms with Gasteiger partial charge in [-0.25, -0.2) is 0 Å². The third-order valence-corrected chi connectivity index (χ3v) is 0. The Morgan fingerprint density at radius 2 is 0.500 bits per heavy atom. The minimum atomic E-state index is 0. The maximum Gasteiger partial charge on any atom is -0.0590 e. The van der Waals surface area contributed by atoms with E-state index < -0.39 is 0 Å². The Hall–Kier alpha value is 1.40. The van der Waals surface area contributed by atoms with E-state index in [1.54, 1.807) is 0 Å². The van der Waals surface area contributed by atoms with Crippen molar-refractivity contribution in [1.29, 1.82) is 0 Å². The summed E-state index contributed by atoms with van der Waals surface area (Å²) >= 11 is 0. The van der Waals surface area contributed by atoms with Gasteiger partial charge in [0.1, 0.15) is 0 Å². The van der Waals surface area contributed by atoms with Crippen LogP contribution >= 0.6 is 54.0 Å². The van der Waals surface area contributed by atoms with Gasteiger partial charge in [-0.3, -0.25) is 0 Å². The fourth-order valence-corrected chi connectivity index (χ4v) is 0. The molecule has 0 fully saturated rings. The first-order valence-corrected chi connectivity index (χ1v) is 2.83. The highest BCUT2D eigenvalue weighted by atomic mass is 32.1. The van der Waals surface area contributed by atoms with Gasteiger partial charge in [0.25, 0.3) is 0 Å². The predicted molar refractivity (Wildman–Crippen MR) is 73.5 cm³/mol. The Morgan fingerprint density at radius 3 is 0.500 bits per heavy atom. The maximum atomic E-state index is 2.12. The molecule has 0 spiro atoms. The van der Waals surface area contributed by atoms with E-state index in [-0.39, 0.29) is 54.0 Å². The normalized spacial score (nSPS) is 3.60. The van der Waals surface area contributed by atoms with E-state index in [2.05, 4.69) is 27.7 Å². The zero-order valence-corrected chi connectivity index (χ0v) is 11.4. The van der Waals surface area contributed by atoms with Crippen molar-refractivity contribution >= 4 is 54.0 Å². The third kappa shape index (κ3) is 338. The van der Waals surface area contributed by atoms with E-state index in [4.69, 9.17) is 0 Å². The second-order valence-electron chi connectivity index (χ2n) is 1.41. The first-order valence-electron chi connectivity index (χ1n) is 2.83. The molecule has 0 atom stereocenters. The monoisotopic (exact) mass is 224 g/mol. The molecule has 0 aliphatic rings. The Kier molecular flexibility index (Phi) is 336. The molecule has 0 saturated carbocycles. The average molecular weight is 225 g/mol. The smallest absolute Gasteiger partial charge is 0.0590 e. The summed E-state index contributed by atoms with van der Waals surface area (Å²) in [5.74, 6) is 0. The average Bonchev–Trinajstić information content (AvgIpc) is 1.39. The SMILES string of the molecule is CCC.CCC.S.S.S.S. The fourth-order valence-electron chi connectivity index (χ4n) is 0. The van der Waals surface area contributed by atoms with E-state index in [1.165, 1.54) is 12.8 Å². The Bertz CT molecular complexity index is 11.7. The molecule has 0 amide bonds. The molecule has 0 aromatic heterocycles. The van der Waals surface area contributed by atoms with Crippen molar-refractivity contribution in [1.82, 2.24) is 0 Å². The summed E-state index contributed by atoms with van der Waals surface area (Å²) in [5, 5.41) is 0. The molecule has 4 heteroatoms. The summed E-state index contributed by atoms with van der Waals surface area (Å²) in [4.78, 5) is 0. The second kappa shape index (κ2) is 79.5. The highest BCUT2D eigenvalue weighted by Crippen LogP contribution is 1.56. The van der Waals surface area contributed by atoms with Crippen LogP contribution in [0.4, 0.5) is 0 Å². The Morgan fingerprint density at radius 1 is 0.500 bits per heavy atom. The van der Waals surface area contributed by atoms with Crippen molar-refractivity contribution in [3.8, 4) is 0 Å². The van der Waals surface area contributed by atoms with E-state index >= 15 is 0 Å². The molecule has 0 radical (unpaired) electrons. The zero-order chi connectivity index (χ0) is 5.41. The van der Waals surface area contributed by atoms with Gasteiger partial charge in [-0.1, -0.05) is 40.5 Å². The molecule has 72 valence electrons. The van der Waals surface area contributed by atoms with Crippen molar-refractivity contribution in [2.24, 2.45) is 0 Å². The van der Waals surface area contributed by atoms with Crippen LogP contribution in [-0.2, 0) is 0 Å². The largest absolute Gasteiger partial charge is 0.197 e. The van der Waals surface area contributed by atoms with Crippen molar-refractivity contribution in [3.63, 3.8) is 0 Å². The number of hydrogen-bond donors (Lipinski definition) is 0. The molecule has 0 nitrogen and oxygen atoms in total. The van der Waals surface area contributed by atoms with Crippen molar-refractivity contribution in [2.45, 2.75) is 40.5 Å². The first-order chi connectivity index (χ1) is 2.83. The molecule has 0 heterocycles. The predicted octanol–water partition coefficient (Wildman–Crippen LogP) is 3.28. The molecular weight excluding hydrogens is 200 g/mol. The highest BCUT2D eigenvalue weighted by Gasteiger charge is 1.36.